The van der Waals surface area contributed by atoms with E-state index in [0.29, 0.717) is 10.6 Å². The van der Waals surface area contributed by atoms with Gasteiger partial charge < -0.3 is 14.2 Å². The van der Waals surface area contributed by atoms with Crippen molar-refractivity contribution < 1.29 is 33.5 Å². The summed E-state index contributed by atoms with van der Waals surface area (Å²) in [6.07, 6.45) is 1.24. The summed E-state index contributed by atoms with van der Waals surface area (Å²) in [5, 5.41) is 13.5. The molecule has 1 fully saturated rings. The number of carbonyl (C=O) groups is 3. The van der Waals surface area contributed by atoms with Crippen LogP contribution in [0.1, 0.15) is 11.1 Å². The van der Waals surface area contributed by atoms with Gasteiger partial charge in [-0.2, -0.15) is 0 Å². The molecular weight excluding hydrogens is 553 g/mol. The van der Waals surface area contributed by atoms with E-state index in [9.17, 15) is 24.5 Å². The molecule has 200 valence electrons. The van der Waals surface area contributed by atoms with Gasteiger partial charge in [0, 0.05) is 34.9 Å². The summed E-state index contributed by atoms with van der Waals surface area (Å²) >= 11 is 12.3. The SMILES string of the molecule is COc1cc(N2C(=O)NC(=O)/C(=C\c3cc(Cl)ccc3OCc3ccc([N+](=O)[O-])cc3)C2=O)c(OC)cc1Cl. The van der Waals surface area contributed by atoms with Crippen LogP contribution in [0.2, 0.25) is 10.0 Å². The second-order valence-corrected chi connectivity index (χ2v) is 8.85. The molecule has 4 rings (SSSR count). The average Bonchev–Trinajstić information content (AvgIpc) is 2.91. The van der Waals surface area contributed by atoms with E-state index in [1.165, 1.54) is 50.6 Å². The number of barbiturate groups is 1. The number of nitro groups is 1. The number of carbonyl (C=O) groups excluding carboxylic acids is 3. The Kier molecular flexibility index (Phi) is 8.03. The smallest absolute Gasteiger partial charge is 0.336 e. The van der Waals surface area contributed by atoms with Crippen LogP contribution in [0, 0.1) is 10.1 Å². The third-order valence-corrected chi connectivity index (χ3v) is 6.14. The molecule has 1 saturated heterocycles. The minimum absolute atomic E-state index is 0.000360. The van der Waals surface area contributed by atoms with Crippen molar-refractivity contribution in [1.29, 1.82) is 0 Å². The molecule has 39 heavy (non-hydrogen) atoms. The van der Waals surface area contributed by atoms with E-state index in [1.54, 1.807) is 24.3 Å². The molecule has 0 aromatic heterocycles. The molecule has 0 saturated carbocycles. The van der Waals surface area contributed by atoms with Crippen molar-refractivity contribution >= 4 is 58.5 Å². The van der Waals surface area contributed by atoms with Gasteiger partial charge in [0.05, 0.1) is 29.9 Å². The molecule has 1 aliphatic rings. The summed E-state index contributed by atoms with van der Waals surface area (Å²) < 4.78 is 16.3. The van der Waals surface area contributed by atoms with Gasteiger partial charge in [-0.1, -0.05) is 23.2 Å². The molecule has 1 aliphatic heterocycles. The summed E-state index contributed by atoms with van der Waals surface area (Å²) in [6.45, 7) is 0.0301. The van der Waals surface area contributed by atoms with E-state index in [1.807, 2.05) is 0 Å². The van der Waals surface area contributed by atoms with E-state index in [0.717, 1.165) is 4.90 Å². The number of rotatable bonds is 8. The number of nitrogens with one attached hydrogen (secondary N) is 1. The predicted octanol–water partition coefficient (Wildman–Crippen LogP) is 5.16. The zero-order chi connectivity index (χ0) is 28.3. The van der Waals surface area contributed by atoms with Crippen molar-refractivity contribution in [1.82, 2.24) is 5.32 Å². The number of hydrogen-bond acceptors (Lipinski definition) is 8. The number of amides is 4. The molecule has 0 atom stereocenters. The van der Waals surface area contributed by atoms with Crippen molar-refractivity contribution in [2.24, 2.45) is 0 Å². The topological polar surface area (TPSA) is 137 Å². The highest BCUT2D eigenvalue weighted by molar-refractivity contribution is 6.40. The lowest BCUT2D eigenvalue weighted by atomic mass is 10.1. The lowest BCUT2D eigenvalue weighted by Crippen LogP contribution is -2.54. The first-order valence-corrected chi connectivity index (χ1v) is 11.9. The number of nitro benzene ring substituents is 1. The van der Waals surface area contributed by atoms with Crippen molar-refractivity contribution in [2.45, 2.75) is 6.61 Å². The molecule has 13 heteroatoms. The van der Waals surface area contributed by atoms with Crippen LogP contribution in [0.3, 0.4) is 0 Å². The number of benzene rings is 3. The highest BCUT2D eigenvalue weighted by Gasteiger charge is 2.39. The Labute approximate surface area is 231 Å². The second-order valence-electron chi connectivity index (χ2n) is 8.01. The highest BCUT2D eigenvalue weighted by atomic mass is 35.5. The minimum atomic E-state index is -0.995. The molecule has 11 nitrogen and oxygen atoms in total. The fraction of sp³-hybridized carbons (Fsp3) is 0.115. The third-order valence-electron chi connectivity index (χ3n) is 5.61. The summed E-state index contributed by atoms with van der Waals surface area (Å²) in [5.74, 6) is -1.34. The lowest BCUT2D eigenvalue weighted by Gasteiger charge is -2.28. The zero-order valence-electron chi connectivity index (χ0n) is 20.4. The number of non-ortho nitro benzene ring substituents is 1. The Balaban J connectivity index is 1.69. The molecule has 0 spiro atoms. The second kappa shape index (κ2) is 11.4. The number of halogens is 2. The molecular formula is C26H19Cl2N3O8. The summed E-state index contributed by atoms with van der Waals surface area (Å²) in [4.78, 5) is 50.1. The molecule has 0 radical (unpaired) electrons. The number of anilines is 1. The Morgan fingerprint density at radius 2 is 1.64 bits per heavy atom. The minimum Gasteiger partial charge on any atom is -0.495 e. The average molecular weight is 572 g/mol. The molecule has 0 aliphatic carbocycles. The van der Waals surface area contributed by atoms with Gasteiger partial charge in [0.1, 0.15) is 29.4 Å². The van der Waals surface area contributed by atoms with Crippen LogP contribution >= 0.6 is 23.2 Å². The van der Waals surface area contributed by atoms with Crippen molar-refractivity contribution in [3.05, 3.63) is 91.5 Å². The van der Waals surface area contributed by atoms with Gasteiger partial charge in [-0.05, 0) is 42.0 Å². The first kappa shape index (κ1) is 27.4. The standard InChI is InChI=1S/C26H19Cl2N3O8/c1-37-22-12-20(23(38-2)11-19(22)28)30-25(33)18(24(32)29-26(30)34)10-15-9-16(27)5-8-21(15)39-13-14-3-6-17(7-4-14)31(35)36/h3-12H,13H2,1-2H3,(H,29,32,34)/b18-10+. The number of nitrogens with zero attached hydrogens (tertiary/aromatic N) is 2. The lowest BCUT2D eigenvalue weighted by molar-refractivity contribution is -0.384. The van der Waals surface area contributed by atoms with Crippen LogP contribution in [-0.4, -0.2) is 37.0 Å². The summed E-state index contributed by atoms with van der Waals surface area (Å²) in [5.41, 5.74) is 0.471. The van der Waals surface area contributed by atoms with Crippen LogP contribution in [-0.2, 0) is 16.2 Å². The van der Waals surface area contributed by atoms with Gasteiger partial charge in [-0.15, -0.1) is 0 Å². The Bertz CT molecular complexity index is 1520. The van der Waals surface area contributed by atoms with Gasteiger partial charge in [0.15, 0.2) is 0 Å². The highest BCUT2D eigenvalue weighted by Crippen LogP contribution is 2.39. The summed E-state index contributed by atoms with van der Waals surface area (Å²) in [7, 11) is 2.69. The first-order valence-electron chi connectivity index (χ1n) is 11.1. The van der Waals surface area contributed by atoms with Gasteiger partial charge in [0.2, 0.25) is 0 Å². The van der Waals surface area contributed by atoms with Crippen LogP contribution in [0.15, 0.2) is 60.2 Å². The maximum Gasteiger partial charge on any atom is 0.336 e. The third kappa shape index (κ3) is 5.79. The molecule has 3 aromatic rings. The fourth-order valence-corrected chi connectivity index (χ4v) is 4.10. The van der Waals surface area contributed by atoms with Crippen LogP contribution in [0.4, 0.5) is 16.2 Å². The number of methoxy groups -OCH3 is 2. The first-order chi connectivity index (χ1) is 18.6. The molecule has 4 amide bonds. The molecule has 0 unspecified atom stereocenters. The van der Waals surface area contributed by atoms with Crippen LogP contribution < -0.4 is 24.4 Å². The van der Waals surface area contributed by atoms with E-state index >= 15 is 0 Å². The van der Waals surface area contributed by atoms with Gasteiger partial charge >= 0.3 is 6.03 Å². The van der Waals surface area contributed by atoms with Gasteiger partial charge in [-0.25, -0.2) is 9.69 Å². The number of imide groups is 2. The molecule has 3 aromatic carbocycles. The van der Waals surface area contributed by atoms with Gasteiger partial charge in [0.25, 0.3) is 17.5 Å². The zero-order valence-corrected chi connectivity index (χ0v) is 21.9. The molecule has 1 heterocycles. The number of urea groups is 1. The Morgan fingerprint density at radius 1 is 0.949 bits per heavy atom. The normalized spacial score (nSPS) is 14.3. The van der Waals surface area contributed by atoms with Crippen LogP contribution in [0.25, 0.3) is 6.08 Å². The Morgan fingerprint density at radius 3 is 2.28 bits per heavy atom. The van der Waals surface area contributed by atoms with Crippen LogP contribution in [0.5, 0.6) is 17.2 Å². The quantitative estimate of drug-likeness (QED) is 0.169. The van der Waals surface area contributed by atoms with Crippen molar-refractivity contribution in [2.75, 3.05) is 19.1 Å². The Hall–Kier alpha value is -4.61. The maximum absolute atomic E-state index is 13.5. The predicted molar refractivity (Wildman–Crippen MR) is 142 cm³/mol. The van der Waals surface area contributed by atoms with E-state index < -0.39 is 22.8 Å². The fourth-order valence-electron chi connectivity index (χ4n) is 3.69. The monoisotopic (exact) mass is 571 g/mol. The maximum atomic E-state index is 13.5. The van der Waals surface area contributed by atoms with E-state index in [2.05, 4.69) is 5.32 Å². The number of ether oxygens (including phenoxy) is 3. The van der Waals surface area contributed by atoms with E-state index in [-0.39, 0.29) is 51.4 Å². The molecule has 1 N–H and O–H groups in total. The van der Waals surface area contributed by atoms with E-state index in [4.69, 9.17) is 37.4 Å². The largest absolute Gasteiger partial charge is 0.495 e. The number of hydrogen-bond donors (Lipinski definition) is 1. The van der Waals surface area contributed by atoms with Crippen molar-refractivity contribution in [3.63, 3.8) is 0 Å². The molecule has 0 bridgehead atoms. The van der Waals surface area contributed by atoms with Gasteiger partial charge in [-0.3, -0.25) is 25.0 Å². The van der Waals surface area contributed by atoms with Crippen molar-refractivity contribution in [3.8, 4) is 17.2 Å². The summed E-state index contributed by atoms with van der Waals surface area (Å²) in [6, 6.07) is 12.1.